The largest absolute Gasteiger partial charge is 0.372 e. The number of nitrogens with zero attached hydrogens (tertiary/aromatic N) is 3. The van der Waals surface area contributed by atoms with Crippen LogP contribution in [-0.4, -0.2) is 50.3 Å². The van der Waals surface area contributed by atoms with E-state index in [0.717, 1.165) is 31.5 Å². The third kappa shape index (κ3) is 3.87. The molecule has 128 valence electrons. The molecule has 2 fully saturated rings. The maximum atomic E-state index is 12.5. The molecule has 0 radical (unpaired) electrons. The Balaban J connectivity index is 1.63. The van der Waals surface area contributed by atoms with Crippen LogP contribution in [0.4, 0.5) is 5.69 Å². The van der Waals surface area contributed by atoms with Crippen molar-refractivity contribution < 1.29 is 8.42 Å². The molecule has 0 bridgehead atoms. The van der Waals surface area contributed by atoms with Crippen molar-refractivity contribution in [2.45, 2.75) is 38.6 Å². The minimum absolute atomic E-state index is 0.430. The first-order valence-corrected chi connectivity index (χ1v) is 10.0. The molecule has 0 spiro atoms. The minimum atomic E-state index is -3.31. The fraction of sp³-hybridized carbons (Fsp3) is 0.647. The Morgan fingerprint density at radius 2 is 1.48 bits per heavy atom. The Kier molecular flexibility index (Phi) is 5.24. The SMILES string of the molecule is CN(Cc1ccc(N2CCCCC2)cc1)S(=O)(=O)N1CCCC1. The molecule has 5 nitrogen and oxygen atoms in total. The van der Waals surface area contributed by atoms with Crippen LogP contribution >= 0.6 is 0 Å². The predicted molar refractivity (Wildman–Crippen MR) is 93.7 cm³/mol. The number of hydrogen-bond acceptors (Lipinski definition) is 3. The van der Waals surface area contributed by atoms with E-state index < -0.39 is 10.2 Å². The van der Waals surface area contributed by atoms with Gasteiger partial charge in [-0.3, -0.25) is 0 Å². The molecule has 1 aromatic carbocycles. The zero-order chi connectivity index (χ0) is 16.3. The molecule has 0 N–H and O–H groups in total. The fourth-order valence-electron chi connectivity index (χ4n) is 3.42. The third-order valence-electron chi connectivity index (χ3n) is 4.85. The summed E-state index contributed by atoms with van der Waals surface area (Å²) in [6, 6.07) is 8.35. The van der Waals surface area contributed by atoms with E-state index in [4.69, 9.17) is 0 Å². The quantitative estimate of drug-likeness (QED) is 0.829. The van der Waals surface area contributed by atoms with Crippen LogP contribution in [0.2, 0.25) is 0 Å². The van der Waals surface area contributed by atoms with Crippen LogP contribution in [0.25, 0.3) is 0 Å². The lowest BCUT2D eigenvalue weighted by Gasteiger charge is -2.29. The number of hydrogen-bond donors (Lipinski definition) is 0. The summed E-state index contributed by atoms with van der Waals surface area (Å²) in [4.78, 5) is 2.41. The van der Waals surface area contributed by atoms with Gasteiger partial charge in [-0.15, -0.1) is 0 Å². The molecule has 2 aliphatic heterocycles. The van der Waals surface area contributed by atoms with Gasteiger partial charge in [0.15, 0.2) is 0 Å². The highest BCUT2D eigenvalue weighted by molar-refractivity contribution is 7.86. The first-order valence-electron chi connectivity index (χ1n) is 8.63. The Morgan fingerprint density at radius 1 is 0.913 bits per heavy atom. The van der Waals surface area contributed by atoms with Gasteiger partial charge in [0, 0.05) is 45.5 Å². The highest BCUT2D eigenvalue weighted by atomic mass is 32.2. The topological polar surface area (TPSA) is 43.9 Å². The van der Waals surface area contributed by atoms with Crippen molar-refractivity contribution in [1.82, 2.24) is 8.61 Å². The fourth-order valence-corrected chi connectivity index (χ4v) is 4.85. The first-order chi connectivity index (χ1) is 11.1. The monoisotopic (exact) mass is 337 g/mol. The van der Waals surface area contributed by atoms with E-state index in [0.29, 0.717) is 19.6 Å². The van der Waals surface area contributed by atoms with Gasteiger partial charge < -0.3 is 4.90 Å². The Morgan fingerprint density at radius 3 is 2.09 bits per heavy atom. The molecule has 2 heterocycles. The molecule has 0 aromatic heterocycles. The normalized spacial score (nSPS) is 20.3. The summed E-state index contributed by atoms with van der Waals surface area (Å²) < 4.78 is 28.0. The summed E-state index contributed by atoms with van der Waals surface area (Å²) in [6.45, 7) is 3.99. The maximum Gasteiger partial charge on any atom is 0.282 e. The first kappa shape index (κ1) is 16.7. The zero-order valence-corrected chi connectivity index (χ0v) is 14.8. The predicted octanol–water partition coefficient (Wildman–Crippen LogP) is 2.45. The van der Waals surface area contributed by atoms with Gasteiger partial charge in [-0.2, -0.15) is 17.0 Å². The van der Waals surface area contributed by atoms with Crippen LogP contribution in [-0.2, 0) is 16.8 Å². The molecule has 0 unspecified atom stereocenters. The van der Waals surface area contributed by atoms with Gasteiger partial charge in [-0.25, -0.2) is 0 Å². The third-order valence-corrected chi connectivity index (χ3v) is 6.78. The van der Waals surface area contributed by atoms with Crippen molar-refractivity contribution >= 4 is 15.9 Å². The van der Waals surface area contributed by atoms with E-state index in [-0.39, 0.29) is 0 Å². The lowest BCUT2D eigenvalue weighted by Crippen LogP contribution is -2.39. The van der Waals surface area contributed by atoms with Gasteiger partial charge in [-0.05, 0) is 49.8 Å². The molecule has 0 aliphatic carbocycles. The lowest BCUT2D eigenvalue weighted by molar-refractivity contribution is 0.392. The maximum absolute atomic E-state index is 12.5. The zero-order valence-electron chi connectivity index (χ0n) is 13.9. The molecule has 0 amide bonds. The molecular weight excluding hydrogens is 310 g/mol. The smallest absolute Gasteiger partial charge is 0.282 e. The Labute approximate surface area is 140 Å². The second-order valence-corrected chi connectivity index (χ2v) is 8.62. The van der Waals surface area contributed by atoms with Crippen molar-refractivity contribution in [1.29, 1.82) is 0 Å². The van der Waals surface area contributed by atoms with E-state index in [2.05, 4.69) is 29.2 Å². The molecule has 0 saturated carbocycles. The van der Waals surface area contributed by atoms with Crippen molar-refractivity contribution in [3.8, 4) is 0 Å². The summed E-state index contributed by atoms with van der Waals surface area (Å²) in [6.07, 6.45) is 5.79. The highest BCUT2D eigenvalue weighted by Gasteiger charge is 2.29. The molecular formula is C17H27N3O2S. The van der Waals surface area contributed by atoms with Gasteiger partial charge in [0.05, 0.1) is 0 Å². The highest BCUT2D eigenvalue weighted by Crippen LogP contribution is 2.22. The second kappa shape index (κ2) is 7.20. The van der Waals surface area contributed by atoms with Crippen molar-refractivity contribution in [2.24, 2.45) is 0 Å². The van der Waals surface area contributed by atoms with Crippen LogP contribution in [0, 0.1) is 0 Å². The van der Waals surface area contributed by atoms with Gasteiger partial charge in [0.25, 0.3) is 10.2 Å². The van der Waals surface area contributed by atoms with Crippen LogP contribution in [0.1, 0.15) is 37.7 Å². The average molecular weight is 337 g/mol. The van der Waals surface area contributed by atoms with Crippen molar-refractivity contribution in [3.63, 3.8) is 0 Å². The standard InChI is InChI=1S/C17H27N3O2S/c1-18(23(21,22)20-13-5-6-14-20)15-16-7-9-17(10-8-16)19-11-3-2-4-12-19/h7-10H,2-6,11-15H2,1H3. The average Bonchev–Trinajstić information content (AvgIpc) is 3.11. The molecule has 2 saturated heterocycles. The summed E-state index contributed by atoms with van der Waals surface area (Å²) in [5.74, 6) is 0. The van der Waals surface area contributed by atoms with Crippen LogP contribution in [0.15, 0.2) is 24.3 Å². The van der Waals surface area contributed by atoms with Gasteiger partial charge in [-0.1, -0.05) is 12.1 Å². The molecule has 1 aromatic rings. The summed E-state index contributed by atoms with van der Waals surface area (Å²) in [7, 11) is -1.64. The van der Waals surface area contributed by atoms with E-state index in [9.17, 15) is 8.42 Å². The molecule has 0 atom stereocenters. The van der Waals surface area contributed by atoms with Crippen LogP contribution in [0.3, 0.4) is 0 Å². The van der Waals surface area contributed by atoms with E-state index in [1.54, 1.807) is 11.4 Å². The summed E-state index contributed by atoms with van der Waals surface area (Å²) in [5, 5.41) is 0. The number of anilines is 1. The molecule has 23 heavy (non-hydrogen) atoms. The van der Waals surface area contributed by atoms with Crippen molar-refractivity contribution in [2.75, 3.05) is 38.1 Å². The number of rotatable bonds is 5. The van der Waals surface area contributed by atoms with Gasteiger partial charge >= 0.3 is 0 Å². The molecule has 6 heteroatoms. The van der Waals surface area contributed by atoms with Gasteiger partial charge in [0.2, 0.25) is 0 Å². The molecule has 2 aliphatic rings. The second-order valence-electron chi connectivity index (χ2n) is 6.58. The number of benzene rings is 1. The lowest BCUT2D eigenvalue weighted by atomic mass is 10.1. The Hall–Kier alpha value is -1.11. The minimum Gasteiger partial charge on any atom is -0.372 e. The van der Waals surface area contributed by atoms with E-state index in [1.807, 2.05) is 0 Å². The van der Waals surface area contributed by atoms with Gasteiger partial charge in [0.1, 0.15) is 0 Å². The Bertz CT molecular complexity index is 603. The van der Waals surface area contributed by atoms with E-state index in [1.165, 1.54) is 29.3 Å². The van der Waals surface area contributed by atoms with E-state index >= 15 is 0 Å². The summed E-state index contributed by atoms with van der Waals surface area (Å²) in [5.41, 5.74) is 2.29. The molecule has 3 rings (SSSR count). The van der Waals surface area contributed by atoms with Crippen LogP contribution in [0.5, 0.6) is 0 Å². The number of piperidine rings is 1. The van der Waals surface area contributed by atoms with Crippen molar-refractivity contribution in [3.05, 3.63) is 29.8 Å². The summed E-state index contributed by atoms with van der Waals surface area (Å²) >= 11 is 0. The van der Waals surface area contributed by atoms with Crippen LogP contribution < -0.4 is 4.90 Å².